The predicted octanol–water partition coefficient (Wildman–Crippen LogP) is 0.998. The van der Waals surface area contributed by atoms with Gasteiger partial charge in [0.25, 0.3) is 0 Å². The summed E-state index contributed by atoms with van der Waals surface area (Å²) in [7, 11) is 1.35. The molecule has 1 N–H and O–H groups in total. The highest BCUT2D eigenvalue weighted by Crippen LogP contribution is 2.42. The first-order chi connectivity index (χ1) is 7.19. The van der Waals surface area contributed by atoms with E-state index in [9.17, 15) is 9.59 Å². The normalized spacial score (nSPS) is 23.5. The minimum atomic E-state index is -0.857. The fraction of sp³-hybridized carbons (Fsp3) is 0.818. The van der Waals surface area contributed by atoms with Gasteiger partial charge < -0.3 is 10.1 Å². The molecule has 0 saturated heterocycles. The van der Waals surface area contributed by atoms with Gasteiger partial charge in [0.1, 0.15) is 5.41 Å². The highest BCUT2D eigenvalue weighted by Gasteiger charge is 2.52. The van der Waals surface area contributed by atoms with Gasteiger partial charge in [-0.3, -0.25) is 9.59 Å². The molecule has 0 aromatic heterocycles. The van der Waals surface area contributed by atoms with Gasteiger partial charge in [0.2, 0.25) is 5.91 Å². The average molecular weight is 211 g/mol. The van der Waals surface area contributed by atoms with E-state index in [4.69, 9.17) is 4.74 Å². The Labute approximate surface area is 89.4 Å². The Morgan fingerprint density at radius 1 is 1.27 bits per heavy atom. The number of nitrogens with one attached hydrogen (secondary N) is 1. The Morgan fingerprint density at radius 2 is 1.93 bits per heavy atom. The van der Waals surface area contributed by atoms with Crippen molar-refractivity contribution in [2.45, 2.75) is 44.6 Å². The second-order valence-electron chi connectivity index (χ2n) is 4.53. The van der Waals surface area contributed by atoms with Crippen LogP contribution in [0.25, 0.3) is 0 Å². The summed E-state index contributed by atoms with van der Waals surface area (Å²) >= 11 is 0. The molecule has 2 aliphatic carbocycles. The number of methoxy groups -OCH3 is 1. The van der Waals surface area contributed by atoms with Crippen molar-refractivity contribution in [2.75, 3.05) is 7.11 Å². The number of carbonyl (C=O) groups excluding carboxylic acids is 2. The van der Waals surface area contributed by atoms with E-state index >= 15 is 0 Å². The van der Waals surface area contributed by atoms with Crippen LogP contribution >= 0.6 is 0 Å². The van der Waals surface area contributed by atoms with Crippen LogP contribution in [0.4, 0.5) is 0 Å². The molecule has 2 rings (SSSR count). The molecule has 0 radical (unpaired) electrons. The summed E-state index contributed by atoms with van der Waals surface area (Å²) in [5, 5.41) is 2.93. The van der Waals surface area contributed by atoms with E-state index in [-0.39, 0.29) is 11.9 Å². The van der Waals surface area contributed by atoms with E-state index in [0.29, 0.717) is 18.9 Å². The monoisotopic (exact) mass is 211 g/mol. The van der Waals surface area contributed by atoms with Crippen LogP contribution in [0.1, 0.15) is 38.5 Å². The third-order valence-corrected chi connectivity index (χ3v) is 3.66. The summed E-state index contributed by atoms with van der Waals surface area (Å²) in [5.74, 6) is -0.490. The quantitative estimate of drug-likeness (QED) is 0.559. The topological polar surface area (TPSA) is 55.4 Å². The fourth-order valence-corrected chi connectivity index (χ4v) is 2.13. The molecule has 84 valence electrons. The van der Waals surface area contributed by atoms with E-state index in [1.165, 1.54) is 13.5 Å². The van der Waals surface area contributed by atoms with Crippen molar-refractivity contribution in [2.24, 2.45) is 5.41 Å². The van der Waals surface area contributed by atoms with Crippen molar-refractivity contribution in [3.8, 4) is 0 Å². The van der Waals surface area contributed by atoms with Crippen LogP contribution in [0.15, 0.2) is 0 Å². The van der Waals surface area contributed by atoms with Crippen LogP contribution in [0.2, 0.25) is 0 Å². The maximum Gasteiger partial charge on any atom is 0.321 e. The van der Waals surface area contributed by atoms with E-state index in [1.807, 2.05) is 0 Å². The van der Waals surface area contributed by atoms with E-state index in [2.05, 4.69) is 5.32 Å². The number of esters is 1. The van der Waals surface area contributed by atoms with Crippen molar-refractivity contribution < 1.29 is 14.3 Å². The standard InChI is InChI=1S/C11H17NO3/c1-15-10(14)11(6-3-7-11)9(13)12-8-4-2-5-8/h8H,2-7H2,1H3,(H,12,13). The molecular weight excluding hydrogens is 194 g/mol. The molecule has 0 aromatic rings. The molecule has 15 heavy (non-hydrogen) atoms. The molecule has 4 nitrogen and oxygen atoms in total. The number of rotatable bonds is 3. The van der Waals surface area contributed by atoms with Crippen LogP contribution in [-0.2, 0) is 14.3 Å². The van der Waals surface area contributed by atoms with Crippen molar-refractivity contribution in [3.05, 3.63) is 0 Å². The third-order valence-electron chi connectivity index (χ3n) is 3.66. The Kier molecular flexibility index (Phi) is 2.67. The van der Waals surface area contributed by atoms with Gasteiger partial charge in [0, 0.05) is 6.04 Å². The zero-order valence-corrected chi connectivity index (χ0v) is 9.04. The summed E-state index contributed by atoms with van der Waals surface area (Å²) in [5.41, 5.74) is -0.857. The molecule has 2 aliphatic rings. The lowest BCUT2D eigenvalue weighted by molar-refractivity contribution is -0.165. The summed E-state index contributed by atoms with van der Waals surface area (Å²) in [6.07, 6.45) is 5.48. The van der Waals surface area contributed by atoms with Crippen molar-refractivity contribution in [3.63, 3.8) is 0 Å². The Bertz CT molecular complexity index is 280. The number of amides is 1. The van der Waals surface area contributed by atoms with E-state index in [0.717, 1.165) is 19.3 Å². The van der Waals surface area contributed by atoms with Crippen LogP contribution in [0.3, 0.4) is 0 Å². The summed E-state index contributed by atoms with van der Waals surface area (Å²) in [6, 6.07) is 0.291. The smallest absolute Gasteiger partial charge is 0.321 e. The lowest BCUT2D eigenvalue weighted by Gasteiger charge is -2.39. The van der Waals surface area contributed by atoms with Gasteiger partial charge in [0.15, 0.2) is 0 Å². The van der Waals surface area contributed by atoms with Gasteiger partial charge in [-0.05, 0) is 32.1 Å². The summed E-state index contributed by atoms with van der Waals surface area (Å²) < 4.78 is 4.71. The fourth-order valence-electron chi connectivity index (χ4n) is 2.13. The zero-order chi connectivity index (χ0) is 10.9. The van der Waals surface area contributed by atoms with Crippen molar-refractivity contribution in [1.29, 1.82) is 0 Å². The first-order valence-corrected chi connectivity index (χ1v) is 5.58. The summed E-state index contributed by atoms with van der Waals surface area (Å²) in [6.45, 7) is 0. The predicted molar refractivity (Wildman–Crippen MR) is 54.1 cm³/mol. The molecule has 1 amide bonds. The second kappa shape index (κ2) is 3.83. The van der Waals surface area contributed by atoms with Crippen LogP contribution < -0.4 is 5.32 Å². The first kappa shape index (κ1) is 10.5. The molecule has 2 saturated carbocycles. The minimum absolute atomic E-state index is 0.120. The van der Waals surface area contributed by atoms with Gasteiger partial charge >= 0.3 is 5.97 Å². The van der Waals surface area contributed by atoms with Crippen molar-refractivity contribution >= 4 is 11.9 Å². The van der Waals surface area contributed by atoms with Crippen LogP contribution in [0, 0.1) is 5.41 Å². The van der Waals surface area contributed by atoms with Gasteiger partial charge in [-0.25, -0.2) is 0 Å². The lowest BCUT2D eigenvalue weighted by atomic mass is 9.67. The lowest BCUT2D eigenvalue weighted by Crippen LogP contribution is -2.55. The molecule has 2 fully saturated rings. The van der Waals surface area contributed by atoms with Crippen molar-refractivity contribution in [1.82, 2.24) is 5.32 Å². The molecule has 0 heterocycles. The number of hydrogen-bond acceptors (Lipinski definition) is 3. The first-order valence-electron chi connectivity index (χ1n) is 5.58. The average Bonchev–Trinajstić information content (AvgIpc) is 2.09. The van der Waals surface area contributed by atoms with Crippen LogP contribution in [-0.4, -0.2) is 25.0 Å². The Morgan fingerprint density at radius 3 is 2.27 bits per heavy atom. The number of hydrogen-bond donors (Lipinski definition) is 1. The van der Waals surface area contributed by atoms with Gasteiger partial charge in [0.05, 0.1) is 7.11 Å². The molecule has 0 aromatic carbocycles. The molecular formula is C11H17NO3. The molecule has 0 aliphatic heterocycles. The summed E-state index contributed by atoms with van der Waals surface area (Å²) in [4.78, 5) is 23.5. The maximum absolute atomic E-state index is 11.9. The van der Waals surface area contributed by atoms with Gasteiger partial charge in [-0.2, -0.15) is 0 Å². The minimum Gasteiger partial charge on any atom is -0.468 e. The molecule has 0 bridgehead atoms. The van der Waals surface area contributed by atoms with Crippen LogP contribution in [0.5, 0.6) is 0 Å². The maximum atomic E-state index is 11.9. The molecule has 0 spiro atoms. The molecule has 0 atom stereocenters. The Balaban J connectivity index is 1.98. The Hall–Kier alpha value is -1.06. The number of carbonyl (C=O) groups is 2. The highest BCUT2D eigenvalue weighted by molar-refractivity contribution is 6.03. The third kappa shape index (κ3) is 1.62. The SMILES string of the molecule is COC(=O)C1(C(=O)NC2CCC2)CCC1. The second-order valence-corrected chi connectivity index (χ2v) is 4.53. The van der Waals surface area contributed by atoms with E-state index in [1.54, 1.807) is 0 Å². The molecule has 4 heteroatoms. The molecule has 0 unspecified atom stereocenters. The van der Waals surface area contributed by atoms with Gasteiger partial charge in [-0.1, -0.05) is 6.42 Å². The zero-order valence-electron chi connectivity index (χ0n) is 9.04. The highest BCUT2D eigenvalue weighted by atomic mass is 16.5. The largest absolute Gasteiger partial charge is 0.468 e. The van der Waals surface area contributed by atoms with E-state index < -0.39 is 5.41 Å². The van der Waals surface area contributed by atoms with Gasteiger partial charge in [-0.15, -0.1) is 0 Å². The number of ether oxygens (including phenoxy) is 1.